The van der Waals surface area contributed by atoms with Crippen LogP contribution in [0.15, 0.2) is 0 Å². The summed E-state index contributed by atoms with van der Waals surface area (Å²) >= 11 is 2.00. The van der Waals surface area contributed by atoms with Crippen molar-refractivity contribution in [1.82, 2.24) is 0 Å². The molecule has 3 heteroatoms. The third-order valence-electron chi connectivity index (χ3n) is 3.93. The van der Waals surface area contributed by atoms with Crippen molar-refractivity contribution in [2.24, 2.45) is 0 Å². The van der Waals surface area contributed by atoms with Gasteiger partial charge in [0.25, 0.3) is 0 Å². The molecular weight excluding hydrogens is 304 g/mol. The fourth-order valence-corrected chi connectivity index (χ4v) is 2.60. The second kappa shape index (κ2) is 25.0. The second-order valence-corrected chi connectivity index (χ2v) is 5.91. The first-order chi connectivity index (χ1) is 10.4. The van der Waals surface area contributed by atoms with E-state index in [0.717, 1.165) is 19.1 Å². The summed E-state index contributed by atoms with van der Waals surface area (Å²) in [7, 11) is 0. The fraction of sp³-hybridized carbons (Fsp3) is 0.944. The van der Waals surface area contributed by atoms with Gasteiger partial charge in [-0.05, 0) is 6.42 Å². The minimum absolute atomic E-state index is 0.762. The molecule has 0 aromatic heterocycles. The minimum atomic E-state index is 0.762. The van der Waals surface area contributed by atoms with Crippen molar-refractivity contribution in [1.29, 1.82) is 0 Å². The Hall–Kier alpha value is -0.0105. The molecule has 0 heterocycles. The third kappa shape index (κ3) is 25.3. The number of rotatable bonds is 16. The van der Waals surface area contributed by atoms with Crippen LogP contribution in [-0.4, -0.2) is 6.29 Å². The zero-order chi connectivity index (χ0) is 16.0. The second-order valence-electron chi connectivity index (χ2n) is 5.91. The van der Waals surface area contributed by atoms with E-state index >= 15 is 0 Å². The van der Waals surface area contributed by atoms with Gasteiger partial charge in [-0.2, -0.15) is 0 Å². The average molecular weight is 340 g/mol. The molecule has 0 aromatic carbocycles. The zero-order valence-corrected chi connectivity index (χ0v) is 15.2. The van der Waals surface area contributed by atoms with Crippen molar-refractivity contribution in [3.63, 3.8) is 0 Å². The summed E-state index contributed by atoms with van der Waals surface area (Å²) in [5.74, 6) is 0. The van der Waals surface area contributed by atoms with Crippen molar-refractivity contribution in [2.45, 2.75) is 110 Å². The Morgan fingerprint density at radius 1 is 0.571 bits per heavy atom. The number of hydrogen-bond acceptors (Lipinski definition) is 2. The SMILES string of the molecule is CCCCCCCCCCCCCCCCCC=O.[O]=[Fe]. The molecule has 0 radical (unpaired) electrons. The topological polar surface area (TPSA) is 34.1 Å². The first-order valence-corrected chi connectivity index (χ1v) is 9.45. The first kappa shape index (κ1) is 23.3. The van der Waals surface area contributed by atoms with Gasteiger partial charge in [-0.15, -0.1) is 0 Å². The molecule has 0 fully saturated rings. The Morgan fingerprint density at radius 2 is 0.857 bits per heavy atom. The molecule has 21 heavy (non-hydrogen) atoms. The molecule has 0 aliphatic heterocycles. The Bertz CT molecular complexity index is 186. The number of hydrogen-bond donors (Lipinski definition) is 0. The Labute approximate surface area is 140 Å². The van der Waals surface area contributed by atoms with E-state index in [1.165, 1.54) is 89.9 Å². The third-order valence-corrected chi connectivity index (χ3v) is 3.93. The Morgan fingerprint density at radius 3 is 1.14 bits per heavy atom. The summed E-state index contributed by atoms with van der Waals surface area (Å²) < 4.78 is 8.00. The molecule has 0 rings (SSSR count). The van der Waals surface area contributed by atoms with Crippen LogP contribution in [0.4, 0.5) is 0 Å². The molecule has 0 N–H and O–H groups in total. The zero-order valence-electron chi connectivity index (χ0n) is 14.1. The van der Waals surface area contributed by atoms with Crippen LogP contribution < -0.4 is 0 Å². The van der Waals surface area contributed by atoms with Crippen LogP contribution in [0.1, 0.15) is 110 Å². The summed E-state index contributed by atoms with van der Waals surface area (Å²) in [6.45, 7) is 2.28. The van der Waals surface area contributed by atoms with Gasteiger partial charge in [-0.25, -0.2) is 0 Å². The van der Waals surface area contributed by atoms with Crippen LogP contribution in [0.2, 0.25) is 0 Å². The van der Waals surface area contributed by atoms with E-state index in [4.69, 9.17) is 3.83 Å². The monoisotopic (exact) mass is 340 g/mol. The van der Waals surface area contributed by atoms with Crippen LogP contribution >= 0.6 is 0 Å². The van der Waals surface area contributed by atoms with Crippen molar-refractivity contribution >= 4 is 6.29 Å². The molecule has 2 nitrogen and oxygen atoms in total. The van der Waals surface area contributed by atoms with Crippen LogP contribution in [0, 0.1) is 0 Å². The number of aldehydes is 1. The molecule has 0 amide bonds. The summed E-state index contributed by atoms with van der Waals surface area (Å²) in [6.07, 6.45) is 22.6. The molecule has 0 aliphatic rings. The predicted octanol–water partition coefficient (Wildman–Crippen LogP) is 6.33. The Balaban J connectivity index is 0. The first-order valence-electron chi connectivity index (χ1n) is 9.00. The van der Waals surface area contributed by atoms with Crippen LogP contribution in [0.3, 0.4) is 0 Å². The summed E-state index contributed by atoms with van der Waals surface area (Å²) in [5, 5.41) is 0. The van der Waals surface area contributed by atoms with Crippen LogP contribution in [0.5, 0.6) is 0 Å². The normalized spacial score (nSPS) is 10.0. The molecule has 0 bridgehead atoms. The fourth-order valence-electron chi connectivity index (χ4n) is 2.60. The van der Waals surface area contributed by atoms with Gasteiger partial charge < -0.3 is 4.79 Å². The summed E-state index contributed by atoms with van der Waals surface area (Å²) in [5.41, 5.74) is 0. The van der Waals surface area contributed by atoms with Crippen LogP contribution in [-0.2, 0) is 24.6 Å². The average Bonchev–Trinajstić information content (AvgIpc) is 2.53. The van der Waals surface area contributed by atoms with Gasteiger partial charge in [0.2, 0.25) is 0 Å². The van der Waals surface area contributed by atoms with Crippen molar-refractivity contribution in [3.8, 4) is 0 Å². The van der Waals surface area contributed by atoms with Gasteiger partial charge in [0.05, 0.1) is 0 Å². The summed E-state index contributed by atoms with van der Waals surface area (Å²) in [4.78, 5) is 10.1. The maximum absolute atomic E-state index is 10.1. The van der Waals surface area contributed by atoms with Crippen molar-refractivity contribution in [2.75, 3.05) is 0 Å². The molecule has 0 aromatic rings. The molecule has 0 spiro atoms. The van der Waals surface area contributed by atoms with Crippen LogP contribution in [0.25, 0.3) is 0 Å². The molecule has 0 aliphatic carbocycles. The molecule has 0 saturated heterocycles. The van der Waals surface area contributed by atoms with E-state index < -0.39 is 0 Å². The molecule has 0 atom stereocenters. The quantitative estimate of drug-likeness (QED) is 0.187. The molecule has 0 saturated carbocycles. The van der Waals surface area contributed by atoms with E-state index in [1.54, 1.807) is 0 Å². The predicted molar refractivity (Wildman–Crippen MR) is 86.3 cm³/mol. The maximum atomic E-state index is 10.1. The van der Waals surface area contributed by atoms with Gasteiger partial charge in [0.15, 0.2) is 0 Å². The van der Waals surface area contributed by atoms with E-state index in [2.05, 4.69) is 6.92 Å². The molecule has 0 unspecified atom stereocenters. The van der Waals surface area contributed by atoms with E-state index in [9.17, 15) is 4.79 Å². The Kier molecular flexibility index (Phi) is 27.7. The number of carbonyl (C=O) groups is 1. The summed E-state index contributed by atoms with van der Waals surface area (Å²) in [6, 6.07) is 0. The van der Waals surface area contributed by atoms with E-state index in [1.807, 2.05) is 15.9 Å². The number of unbranched alkanes of at least 4 members (excludes halogenated alkanes) is 15. The molecular formula is C18H36FeO2. The van der Waals surface area contributed by atoms with E-state index in [-0.39, 0.29) is 0 Å². The van der Waals surface area contributed by atoms with Gasteiger partial charge >= 0.3 is 19.8 Å². The van der Waals surface area contributed by atoms with Gasteiger partial charge in [-0.1, -0.05) is 96.8 Å². The van der Waals surface area contributed by atoms with Crippen molar-refractivity contribution in [3.05, 3.63) is 0 Å². The van der Waals surface area contributed by atoms with Crippen molar-refractivity contribution < 1.29 is 24.6 Å². The van der Waals surface area contributed by atoms with Gasteiger partial charge in [0, 0.05) is 6.42 Å². The molecule has 128 valence electrons. The van der Waals surface area contributed by atoms with Gasteiger partial charge in [0.1, 0.15) is 6.29 Å². The standard InChI is InChI=1S/C18H36O.Fe.O/c1-2-3-4-5-6-7-8-9-10-11-12-13-14-15-16-17-18-19;;/h18H,2-17H2,1H3;;. The van der Waals surface area contributed by atoms with E-state index in [0.29, 0.717) is 0 Å². The van der Waals surface area contributed by atoms with Gasteiger partial charge in [-0.3, -0.25) is 0 Å². The number of carbonyl (C=O) groups excluding carboxylic acids is 1.